The van der Waals surface area contributed by atoms with Gasteiger partial charge in [0.15, 0.2) is 0 Å². The van der Waals surface area contributed by atoms with Crippen molar-refractivity contribution in [3.05, 3.63) is 95.1 Å². The van der Waals surface area contributed by atoms with Gasteiger partial charge in [0.1, 0.15) is 0 Å². The molecule has 0 aliphatic carbocycles. The molecule has 33 heavy (non-hydrogen) atoms. The molecule has 1 aliphatic rings. The second-order valence-electron chi connectivity index (χ2n) is 8.02. The van der Waals surface area contributed by atoms with E-state index >= 15 is 0 Å². The third-order valence-electron chi connectivity index (χ3n) is 5.74. The van der Waals surface area contributed by atoms with Gasteiger partial charge < -0.3 is 4.57 Å². The summed E-state index contributed by atoms with van der Waals surface area (Å²) in [6.45, 7) is 0.627. The topological polar surface area (TPSA) is 56.4 Å². The molecule has 0 saturated heterocycles. The van der Waals surface area contributed by atoms with Gasteiger partial charge >= 0.3 is 6.18 Å². The number of aryl methyl sites for hydroxylation is 2. The normalized spacial score (nSPS) is 14.7. The van der Waals surface area contributed by atoms with E-state index in [1.54, 1.807) is 0 Å². The standard InChI is InChI=1S/C24H20F3N3O2S/c25-24(26,27)19-13-11-17(12-14-19)16-33(31,32)28-23-29-15-5-7-18-6-4-10-21(22(18)29)30(23)20-8-2-1-3-9-20/h1-4,6,8-14H,5,7,15-16H2/b28-23-. The van der Waals surface area contributed by atoms with E-state index in [1.807, 2.05) is 57.7 Å². The second kappa shape index (κ2) is 7.91. The van der Waals surface area contributed by atoms with Gasteiger partial charge in [-0.25, -0.2) is 8.42 Å². The van der Waals surface area contributed by atoms with Gasteiger partial charge in [-0.2, -0.15) is 13.2 Å². The molecule has 0 N–H and O–H groups in total. The van der Waals surface area contributed by atoms with Crippen molar-refractivity contribution in [3.63, 3.8) is 0 Å². The highest BCUT2D eigenvalue weighted by atomic mass is 32.2. The van der Waals surface area contributed by atoms with Gasteiger partial charge in [-0.3, -0.25) is 4.57 Å². The van der Waals surface area contributed by atoms with E-state index in [4.69, 9.17) is 0 Å². The summed E-state index contributed by atoms with van der Waals surface area (Å²) in [4.78, 5) is 0. The van der Waals surface area contributed by atoms with Gasteiger partial charge in [0.05, 0.1) is 22.3 Å². The maximum absolute atomic E-state index is 13.1. The second-order valence-corrected chi connectivity index (χ2v) is 9.66. The molecule has 170 valence electrons. The van der Waals surface area contributed by atoms with Crippen LogP contribution in [0, 0.1) is 0 Å². The monoisotopic (exact) mass is 471 g/mol. The van der Waals surface area contributed by atoms with Crippen LogP contribution in [0.4, 0.5) is 13.2 Å². The van der Waals surface area contributed by atoms with E-state index in [0.717, 1.165) is 47.3 Å². The van der Waals surface area contributed by atoms with E-state index in [9.17, 15) is 21.6 Å². The third-order valence-corrected chi connectivity index (χ3v) is 6.88. The molecule has 0 bridgehead atoms. The number of benzene rings is 3. The minimum absolute atomic E-state index is 0.244. The van der Waals surface area contributed by atoms with E-state index in [0.29, 0.717) is 6.54 Å². The van der Waals surface area contributed by atoms with Crippen molar-refractivity contribution in [2.75, 3.05) is 0 Å². The van der Waals surface area contributed by atoms with Gasteiger partial charge in [0.2, 0.25) is 5.62 Å². The smallest absolute Gasteiger partial charge is 0.309 e. The summed E-state index contributed by atoms with van der Waals surface area (Å²) < 4.78 is 72.6. The summed E-state index contributed by atoms with van der Waals surface area (Å²) in [5.74, 6) is -0.492. The average Bonchev–Trinajstić information content (AvgIpc) is 3.08. The van der Waals surface area contributed by atoms with Gasteiger partial charge in [-0.05, 0) is 54.3 Å². The number of aromatic nitrogens is 2. The van der Waals surface area contributed by atoms with Crippen LogP contribution >= 0.6 is 0 Å². The number of para-hydroxylation sites is 2. The molecular weight excluding hydrogens is 451 g/mol. The molecule has 0 amide bonds. The quantitative estimate of drug-likeness (QED) is 0.428. The van der Waals surface area contributed by atoms with Crippen LogP contribution in [0.1, 0.15) is 23.1 Å². The Hall–Kier alpha value is -3.33. The van der Waals surface area contributed by atoms with Crippen LogP contribution in [-0.2, 0) is 34.9 Å². The molecule has 9 heteroatoms. The van der Waals surface area contributed by atoms with E-state index in [1.165, 1.54) is 12.1 Å². The van der Waals surface area contributed by atoms with Gasteiger partial charge in [-0.15, -0.1) is 4.40 Å². The molecule has 0 saturated carbocycles. The fourth-order valence-electron chi connectivity index (χ4n) is 4.32. The Morgan fingerprint density at radius 1 is 0.909 bits per heavy atom. The Morgan fingerprint density at radius 2 is 1.64 bits per heavy atom. The van der Waals surface area contributed by atoms with E-state index in [2.05, 4.69) is 4.40 Å². The minimum Gasteiger partial charge on any atom is -0.309 e. The maximum atomic E-state index is 13.1. The Balaban J connectivity index is 1.66. The summed E-state index contributed by atoms with van der Waals surface area (Å²) in [6.07, 6.45) is -2.72. The van der Waals surface area contributed by atoms with Crippen molar-refractivity contribution in [3.8, 4) is 5.69 Å². The van der Waals surface area contributed by atoms with E-state index < -0.39 is 27.5 Å². The Bertz CT molecular complexity index is 1500. The first-order chi connectivity index (χ1) is 15.7. The van der Waals surface area contributed by atoms with Crippen LogP contribution in [0.15, 0.2) is 77.2 Å². The fraction of sp³-hybridized carbons (Fsp3) is 0.208. The minimum atomic E-state index is -4.48. The van der Waals surface area contributed by atoms with Crippen molar-refractivity contribution in [2.24, 2.45) is 4.40 Å². The van der Waals surface area contributed by atoms with Crippen molar-refractivity contribution in [1.29, 1.82) is 0 Å². The molecule has 5 nitrogen and oxygen atoms in total. The van der Waals surface area contributed by atoms with E-state index in [-0.39, 0.29) is 11.2 Å². The summed E-state index contributed by atoms with van der Waals surface area (Å²) >= 11 is 0. The van der Waals surface area contributed by atoms with Gasteiger partial charge in [0.25, 0.3) is 10.0 Å². The summed E-state index contributed by atoms with van der Waals surface area (Å²) in [5.41, 5.74) is 3.44. The number of sulfonamides is 1. The van der Waals surface area contributed by atoms with Crippen LogP contribution in [-0.4, -0.2) is 17.6 Å². The lowest BCUT2D eigenvalue weighted by atomic mass is 10.0. The Morgan fingerprint density at radius 3 is 2.33 bits per heavy atom. The SMILES string of the molecule is O=S(=O)(Cc1ccc(C(F)(F)F)cc1)/N=c1/n2c3c(cccc3n1-c1ccccc1)CCC2. The highest BCUT2D eigenvalue weighted by Gasteiger charge is 2.30. The summed E-state index contributed by atoms with van der Waals surface area (Å²) in [7, 11) is -4.03. The number of rotatable bonds is 4. The van der Waals surface area contributed by atoms with Crippen LogP contribution in [0.5, 0.6) is 0 Å². The molecular formula is C24H20F3N3O2S. The molecule has 0 radical (unpaired) electrons. The molecule has 0 unspecified atom stereocenters. The lowest BCUT2D eigenvalue weighted by Crippen LogP contribution is -2.28. The van der Waals surface area contributed by atoms with Crippen molar-refractivity contribution in [2.45, 2.75) is 31.3 Å². The average molecular weight is 472 g/mol. The van der Waals surface area contributed by atoms with Gasteiger partial charge in [-0.1, -0.05) is 42.5 Å². The first-order valence-electron chi connectivity index (χ1n) is 10.5. The van der Waals surface area contributed by atoms with Crippen LogP contribution in [0.2, 0.25) is 0 Å². The first kappa shape index (κ1) is 21.5. The molecule has 0 atom stereocenters. The molecule has 5 rings (SSSR count). The molecule has 1 aliphatic heterocycles. The highest BCUT2D eigenvalue weighted by molar-refractivity contribution is 7.89. The number of nitrogens with zero attached hydrogens (tertiary/aromatic N) is 3. The predicted molar refractivity (Wildman–Crippen MR) is 119 cm³/mol. The number of halogens is 3. The summed E-state index contributed by atoms with van der Waals surface area (Å²) in [6, 6.07) is 19.4. The van der Waals surface area contributed by atoms with Crippen LogP contribution in [0.25, 0.3) is 16.7 Å². The zero-order valence-electron chi connectivity index (χ0n) is 17.5. The highest BCUT2D eigenvalue weighted by Crippen LogP contribution is 2.29. The zero-order valence-corrected chi connectivity index (χ0v) is 18.3. The molecule has 0 fully saturated rings. The number of hydrogen-bond acceptors (Lipinski definition) is 2. The zero-order chi connectivity index (χ0) is 23.2. The molecule has 2 heterocycles. The summed E-state index contributed by atoms with van der Waals surface area (Å²) in [5, 5.41) is 0. The largest absolute Gasteiger partial charge is 0.416 e. The van der Waals surface area contributed by atoms with Gasteiger partial charge in [0, 0.05) is 12.2 Å². The predicted octanol–water partition coefficient (Wildman–Crippen LogP) is 4.83. The van der Waals surface area contributed by atoms with Crippen LogP contribution < -0.4 is 5.62 Å². The Kier molecular flexibility index (Phi) is 5.16. The Labute approximate surface area is 188 Å². The van der Waals surface area contributed by atoms with Crippen molar-refractivity contribution >= 4 is 21.1 Å². The number of imidazole rings is 1. The molecule has 0 spiro atoms. The van der Waals surface area contributed by atoms with Crippen LogP contribution in [0.3, 0.4) is 0 Å². The fourth-order valence-corrected chi connectivity index (χ4v) is 5.43. The lowest BCUT2D eigenvalue weighted by Gasteiger charge is -2.14. The molecule has 1 aromatic heterocycles. The molecule has 3 aromatic carbocycles. The number of alkyl halides is 3. The maximum Gasteiger partial charge on any atom is 0.416 e. The molecule has 4 aromatic rings. The first-order valence-corrected chi connectivity index (χ1v) is 12.1. The number of hydrogen-bond donors (Lipinski definition) is 0. The van der Waals surface area contributed by atoms with Crippen molar-refractivity contribution < 1.29 is 21.6 Å². The van der Waals surface area contributed by atoms with Crippen molar-refractivity contribution in [1.82, 2.24) is 9.13 Å². The third kappa shape index (κ3) is 4.08. The lowest BCUT2D eigenvalue weighted by molar-refractivity contribution is -0.137.